The molecule has 0 radical (unpaired) electrons. The van der Waals surface area contributed by atoms with Gasteiger partial charge >= 0.3 is 0 Å². The van der Waals surface area contributed by atoms with Crippen LogP contribution >= 0.6 is 47.2 Å². The van der Waals surface area contributed by atoms with Crippen molar-refractivity contribution < 1.29 is 14.3 Å². The first-order chi connectivity index (χ1) is 13.1. The van der Waals surface area contributed by atoms with Gasteiger partial charge < -0.3 is 25.4 Å². The highest BCUT2D eigenvalue weighted by molar-refractivity contribution is 14.0. The van der Waals surface area contributed by atoms with E-state index in [0.717, 1.165) is 26.0 Å². The van der Waals surface area contributed by atoms with Gasteiger partial charge in [0, 0.05) is 45.5 Å². The predicted octanol–water partition coefficient (Wildman–Crippen LogP) is 2.70. The van der Waals surface area contributed by atoms with Crippen LogP contribution < -0.4 is 16.0 Å². The van der Waals surface area contributed by atoms with Crippen LogP contribution in [0.3, 0.4) is 0 Å². The van der Waals surface area contributed by atoms with Crippen LogP contribution in [0.25, 0.3) is 0 Å². The molecule has 0 spiro atoms. The van der Waals surface area contributed by atoms with Crippen LogP contribution in [0.4, 0.5) is 0 Å². The Morgan fingerprint density at radius 1 is 1.21 bits per heavy atom. The zero-order valence-electron chi connectivity index (χ0n) is 15.8. The molecule has 28 heavy (non-hydrogen) atoms. The third-order valence-electron chi connectivity index (χ3n) is 3.96. The van der Waals surface area contributed by atoms with E-state index < -0.39 is 0 Å². The second-order valence-electron chi connectivity index (χ2n) is 6.02. The lowest BCUT2D eigenvalue weighted by molar-refractivity contribution is 0.0420. The van der Waals surface area contributed by atoms with Gasteiger partial charge in [-0.15, -0.1) is 24.0 Å². The number of nitrogens with one attached hydrogen (secondary N) is 3. The van der Waals surface area contributed by atoms with Gasteiger partial charge in [-0.3, -0.25) is 9.79 Å². The van der Waals surface area contributed by atoms with Gasteiger partial charge in [-0.05, 0) is 31.0 Å². The standard InChI is InChI=1S/C18H26Cl2N4O3.HI/c1-21-18(23-6-2-9-27-14-5-10-26-12-14)24-8-7-22-17(25)13-3-4-15(19)16(20)11-13;/h3-4,11,14H,2,5-10,12H2,1H3,(H,22,25)(H2,21,23,24);1H. The second-order valence-corrected chi connectivity index (χ2v) is 6.83. The summed E-state index contributed by atoms with van der Waals surface area (Å²) in [5.74, 6) is 0.481. The summed E-state index contributed by atoms with van der Waals surface area (Å²) in [5.41, 5.74) is 0.472. The Morgan fingerprint density at radius 3 is 2.64 bits per heavy atom. The first-order valence-corrected chi connectivity index (χ1v) is 9.73. The highest BCUT2D eigenvalue weighted by Gasteiger charge is 2.15. The number of hydrogen-bond acceptors (Lipinski definition) is 4. The molecule has 1 aliphatic heterocycles. The SMILES string of the molecule is CN=C(NCCCOC1CCOC1)NCCNC(=O)c1ccc(Cl)c(Cl)c1.I. The van der Waals surface area contributed by atoms with Crippen molar-refractivity contribution in [1.82, 2.24) is 16.0 Å². The average Bonchev–Trinajstić information content (AvgIpc) is 3.18. The molecule has 1 aromatic rings. The molecule has 0 bridgehead atoms. The van der Waals surface area contributed by atoms with Gasteiger partial charge in [-0.25, -0.2) is 0 Å². The molecule has 3 N–H and O–H groups in total. The number of carbonyl (C=O) groups excluding carboxylic acids is 1. The molecular formula is C18H27Cl2IN4O3. The van der Waals surface area contributed by atoms with Crippen LogP contribution in [0.1, 0.15) is 23.2 Å². The van der Waals surface area contributed by atoms with E-state index in [4.69, 9.17) is 32.7 Å². The molecule has 1 amide bonds. The van der Waals surface area contributed by atoms with E-state index in [1.165, 1.54) is 0 Å². The van der Waals surface area contributed by atoms with Crippen molar-refractivity contribution in [1.29, 1.82) is 0 Å². The Labute approximate surface area is 192 Å². The Hall–Kier alpha value is -0.810. The van der Waals surface area contributed by atoms with E-state index in [0.29, 0.717) is 47.9 Å². The van der Waals surface area contributed by atoms with Crippen LogP contribution in [0, 0.1) is 0 Å². The van der Waals surface area contributed by atoms with Gasteiger partial charge in [0.2, 0.25) is 0 Å². The molecule has 7 nitrogen and oxygen atoms in total. The summed E-state index contributed by atoms with van der Waals surface area (Å²) in [5, 5.41) is 9.95. The van der Waals surface area contributed by atoms with E-state index in [1.807, 2.05) is 0 Å². The minimum absolute atomic E-state index is 0. The number of guanidine groups is 1. The normalized spacial score (nSPS) is 16.4. The quantitative estimate of drug-likeness (QED) is 0.193. The number of halogens is 3. The first kappa shape index (κ1) is 25.2. The van der Waals surface area contributed by atoms with Gasteiger partial charge in [-0.2, -0.15) is 0 Å². The molecule has 2 rings (SSSR count). The van der Waals surface area contributed by atoms with Crippen molar-refractivity contribution >= 4 is 59.0 Å². The van der Waals surface area contributed by atoms with E-state index in [2.05, 4.69) is 20.9 Å². The summed E-state index contributed by atoms with van der Waals surface area (Å²) in [6.45, 7) is 3.93. The smallest absolute Gasteiger partial charge is 0.251 e. The first-order valence-electron chi connectivity index (χ1n) is 8.97. The number of rotatable bonds is 9. The molecule has 1 saturated heterocycles. The van der Waals surface area contributed by atoms with Crippen molar-refractivity contribution in [3.63, 3.8) is 0 Å². The summed E-state index contributed by atoms with van der Waals surface area (Å²) in [4.78, 5) is 16.2. The van der Waals surface area contributed by atoms with Gasteiger partial charge in [0.1, 0.15) is 0 Å². The molecule has 1 atom stereocenters. The van der Waals surface area contributed by atoms with Crippen molar-refractivity contribution in [2.75, 3.05) is 46.5 Å². The third kappa shape index (κ3) is 9.13. The maximum atomic E-state index is 12.1. The lowest BCUT2D eigenvalue weighted by Crippen LogP contribution is -2.42. The minimum Gasteiger partial charge on any atom is -0.379 e. The van der Waals surface area contributed by atoms with Crippen LogP contribution in [0.2, 0.25) is 10.0 Å². The maximum absolute atomic E-state index is 12.1. The second kappa shape index (κ2) is 14.2. The van der Waals surface area contributed by atoms with Crippen LogP contribution in [-0.2, 0) is 9.47 Å². The molecule has 1 heterocycles. The number of ether oxygens (including phenoxy) is 2. The summed E-state index contributed by atoms with van der Waals surface area (Å²) in [6.07, 6.45) is 2.09. The lowest BCUT2D eigenvalue weighted by atomic mass is 10.2. The van der Waals surface area contributed by atoms with Crippen molar-refractivity contribution in [2.24, 2.45) is 4.99 Å². The number of carbonyl (C=O) groups is 1. The zero-order valence-corrected chi connectivity index (χ0v) is 19.6. The fourth-order valence-electron chi connectivity index (χ4n) is 2.49. The predicted molar refractivity (Wildman–Crippen MR) is 123 cm³/mol. The molecule has 10 heteroatoms. The van der Waals surface area contributed by atoms with Gasteiger partial charge in [0.25, 0.3) is 5.91 Å². The van der Waals surface area contributed by atoms with Gasteiger partial charge in [0.05, 0.1) is 22.8 Å². The number of amides is 1. The highest BCUT2D eigenvalue weighted by atomic mass is 127. The molecule has 1 aliphatic rings. The molecule has 1 fully saturated rings. The van der Waals surface area contributed by atoms with Crippen LogP contribution in [0.5, 0.6) is 0 Å². The minimum atomic E-state index is -0.202. The summed E-state index contributed by atoms with van der Waals surface area (Å²) in [6, 6.07) is 4.79. The Kier molecular flexibility index (Phi) is 12.8. The Morgan fingerprint density at radius 2 is 1.96 bits per heavy atom. The number of hydrogen-bond donors (Lipinski definition) is 3. The van der Waals surface area contributed by atoms with Gasteiger partial charge in [0.15, 0.2) is 5.96 Å². The number of nitrogens with zero attached hydrogens (tertiary/aromatic N) is 1. The van der Waals surface area contributed by atoms with Crippen LogP contribution in [-0.4, -0.2) is 64.5 Å². The molecule has 158 valence electrons. The molecule has 1 unspecified atom stereocenters. The zero-order chi connectivity index (χ0) is 19.5. The van der Waals surface area contributed by atoms with E-state index in [9.17, 15) is 4.79 Å². The fourth-order valence-corrected chi connectivity index (χ4v) is 2.79. The Bertz CT molecular complexity index is 643. The molecule has 0 aliphatic carbocycles. The monoisotopic (exact) mass is 544 g/mol. The van der Waals surface area contributed by atoms with Crippen LogP contribution in [0.15, 0.2) is 23.2 Å². The summed E-state index contributed by atoms with van der Waals surface area (Å²) < 4.78 is 11.0. The topological polar surface area (TPSA) is 84.0 Å². The molecule has 1 aromatic carbocycles. The third-order valence-corrected chi connectivity index (χ3v) is 4.70. The average molecular weight is 545 g/mol. The molecule has 0 aromatic heterocycles. The van der Waals surface area contributed by atoms with E-state index >= 15 is 0 Å². The number of benzene rings is 1. The lowest BCUT2D eigenvalue weighted by Gasteiger charge is -2.13. The molecule has 0 saturated carbocycles. The molecular weight excluding hydrogens is 518 g/mol. The number of aliphatic imine (C=N–C) groups is 1. The van der Waals surface area contributed by atoms with Crippen molar-refractivity contribution in [3.8, 4) is 0 Å². The van der Waals surface area contributed by atoms with Gasteiger partial charge in [-0.1, -0.05) is 23.2 Å². The van der Waals surface area contributed by atoms with Crippen molar-refractivity contribution in [2.45, 2.75) is 18.9 Å². The largest absolute Gasteiger partial charge is 0.379 e. The van der Waals surface area contributed by atoms with E-state index in [1.54, 1.807) is 25.2 Å². The van der Waals surface area contributed by atoms with Crippen molar-refractivity contribution in [3.05, 3.63) is 33.8 Å². The maximum Gasteiger partial charge on any atom is 0.251 e. The summed E-state index contributed by atoms with van der Waals surface area (Å²) >= 11 is 11.8. The summed E-state index contributed by atoms with van der Waals surface area (Å²) in [7, 11) is 1.70. The Balaban J connectivity index is 0.00000392. The van der Waals surface area contributed by atoms with E-state index in [-0.39, 0.29) is 36.0 Å². The highest BCUT2D eigenvalue weighted by Crippen LogP contribution is 2.22. The fraction of sp³-hybridized carbons (Fsp3) is 0.556.